The fourth-order valence-electron chi connectivity index (χ4n) is 2.51. The van der Waals surface area contributed by atoms with Gasteiger partial charge in [-0.05, 0) is 30.3 Å². The highest BCUT2D eigenvalue weighted by Gasteiger charge is 2.14. The van der Waals surface area contributed by atoms with Gasteiger partial charge in [0.25, 0.3) is 5.91 Å². The summed E-state index contributed by atoms with van der Waals surface area (Å²) in [4.78, 5) is 20.9. The zero-order valence-corrected chi connectivity index (χ0v) is 13.8. The number of para-hydroxylation sites is 1. The van der Waals surface area contributed by atoms with Crippen molar-refractivity contribution >= 4 is 23.2 Å². The van der Waals surface area contributed by atoms with Crippen molar-refractivity contribution in [3.63, 3.8) is 0 Å². The van der Waals surface area contributed by atoms with Gasteiger partial charge in [0.1, 0.15) is 18.9 Å². The predicted octanol–water partition coefficient (Wildman–Crippen LogP) is 3.24. The highest BCUT2D eigenvalue weighted by atomic mass is 16.6. The van der Waals surface area contributed by atoms with Gasteiger partial charge in [-0.3, -0.25) is 4.79 Å². The van der Waals surface area contributed by atoms with Crippen LogP contribution in [0.4, 0.5) is 17.3 Å². The van der Waals surface area contributed by atoms with Gasteiger partial charge in [-0.15, -0.1) is 0 Å². The molecule has 0 saturated heterocycles. The van der Waals surface area contributed by atoms with E-state index in [1.807, 2.05) is 30.3 Å². The number of carbonyl (C=O) groups excluding carboxylic acids is 1. The summed E-state index contributed by atoms with van der Waals surface area (Å²) in [6, 6.07) is 16.3. The summed E-state index contributed by atoms with van der Waals surface area (Å²) in [5.74, 6) is 1.31. The second-order valence-corrected chi connectivity index (χ2v) is 5.57. The van der Waals surface area contributed by atoms with E-state index in [4.69, 9.17) is 9.47 Å². The second-order valence-electron chi connectivity index (χ2n) is 5.57. The van der Waals surface area contributed by atoms with Crippen LogP contribution in [0.1, 0.15) is 10.5 Å². The molecular formula is C19H16N4O3. The number of rotatable bonds is 4. The molecule has 2 heterocycles. The summed E-state index contributed by atoms with van der Waals surface area (Å²) < 4.78 is 11.0. The van der Waals surface area contributed by atoms with Gasteiger partial charge >= 0.3 is 0 Å². The van der Waals surface area contributed by atoms with Crippen LogP contribution in [0.3, 0.4) is 0 Å². The zero-order valence-electron chi connectivity index (χ0n) is 13.8. The lowest BCUT2D eigenvalue weighted by Gasteiger charge is -2.19. The van der Waals surface area contributed by atoms with Gasteiger partial charge in [-0.2, -0.15) is 0 Å². The van der Waals surface area contributed by atoms with Crippen LogP contribution < -0.4 is 20.1 Å². The molecule has 1 aromatic heterocycles. The number of hydrogen-bond acceptors (Lipinski definition) is 6. The Morgan fingerprint density at radius 3 is 2.58 bits per heavy atom. The molecular weight excluding hydrogens is 332 g/mol. The molecule has 1 aliphatic rings. The SMILES string of the molecule is O=C(Nc1ccc2c(c1)OCCO2)c1ccnc(Nc2ccccc2)n1. The number of carbonyl (C=O) groups is 1. The Morgan fingerprint density at radius 2 is 1.73 bits per heavy atom. The van der Waals surface area contributed by atoms with Crippen LogP contribution in [0.25, 0.3) is 0 Å². The molecule has 2 N–H and O–H groups in total. The van der Waals surface area contributed by atoms with E-state index in [1.165, 1.54) is 6.20 Å². The van der Waals surface area contributed by atoms with Crippen molar-refractivity contribution in [2.75, 3.05) is 23.8 Å². The standard InChI is InChI=1S/C19H16N4O3/c24-18(21-14-6-7-16-17(12-14)26-11-10-25-16)15-8-9-20-19(23-15)22-13-4-2-1-3-5-13/h1-9,12H,10-11H2,(H,21,24)(H,20,22,23). The number of aromatic nitrogens is 2. The number of nitrogens with one attached hydrogen (secondary N) is 2. The molecule has 0 spiro atoms. The molecule has 1 aliphatic heterocycles. The number of ether oxygens (including phenoxy) is 2. The van der Waals surface area contributed by atoms with Gasteiger partial charge in [-0.25, -0.2) is 9.97 Å². The first kappa shape index (κ1) is 15.9. The smallest absolute Gasteiger partial charge is 0.274 e. The first-order chi connectivity index (χ1) is 12.8. The van der Waals surface area contributed by atoms with Gasteiger partial charge in [0.15, 0.2) is 11.5 Å². The van der Waals surface area contributed by atoms with Crippen molar-refractivity contribution in [3.8, 4) is 11.5 Å². The summed E-state index contributed by atoms with van der Waals surface area (Å²) >= 11 is 0. The predicted molar refractivity (Wildman–Crippen MR) is 97.1 cm³/mol. The topological polar surface area (TPSA) is 85.4 Å². The fourth-order valence-corrected chi connectivity index (χ4v) is 2.51. The van der Waals surface area contributed by atoms with Gasteiger partial charge in [0.2, 0.25) is 5.95 Å². The first-order valence-corrected chi connectivity index (χ1v) is 8.14. The summed E-state index contributed by atoms with van der Waals surface area (Å²) in [7, 11) is 0. The van der Waals surface area contributed by atoms with E-state index in [-0.39, 0.29) is 11.6 Å². The molecule has 2 aromatic carbocycles. The zero-order chi connectivity index (χ0) is 17.8. The Bertz CT molecular complexity index is 931. The van der Waals surface area contributed by atoms with Crippen LogP contribution in [0, 0.1) is 0 Å². The van der Waals surface area contributed by atoms with Gasteiger partial charge in [0, 0.05) is 23.6 Å². The minimum absolute atomic E-state index is 0.258. The van der Waals surface area contributed by atoms with Gasteiger partial charge in [0.05, 0.1) is 0 Å². The molecule has 130 valence electrons. The van der Waals surface area contributed by atoms with Crippen LogP contribution in [-0.2, 0) is 0 Å². The van der Waals surface area contributed by atoms with E-state index in [1.54, 1.807) is 24.3 Å². The summed E-state index contributed by atoms with van der Waals surface area (Å²) in [6.45, 7) is 1.02. The molecule has 0 unspecified atom stereocenters. The van der Waals surface area contributed by atoms with E-state index in [0.29, 0.717) is 36.3 Å². The number of hydrogen-bond donors (Lipinski definition) is 2. The molecule has 0 aliphatic carbocycles. The summed E-state index contributed by atoms with van der Waals surface area (Å²) in [6.07, 6.45) is 1.54. The highest BCUT2D eigenvalue weighted by molar-refractivity contribution is 6.03. The van der Waals surface area contributed by atoms with E-state index >= 15 is 0 Å². The largest absolute Gasteiger partial charge is 0.486 e. The number of amides is 1. The minimum Gasteiger partial charge on any atom is -0.486 e. The highest BCUT2D eigenvalue weighted by Crippen LogP contribution is 2.32. The number of fused-ring (bicyclic) bond motifs is 1. The van der Waals surface area contributed by atoms with Crippen LogP contribution in [0.5, 0.6) is 11.5 Å². The quantitative estimate of drug-likeness (QED) is 0.753. The molecule has 0 bridgehead atoms. The average molecular weight is 348 g/mol. The Balaban J connectivity index is 1.49. The first-order valence-electron chi connectivity index (χ1n) is 8.14. The van der Waals surface area contributed by atoms with Crippen LogP contribution in [0.2, 0.25) is 0 Å². The molecule has 4 rings (SSSR count). The Morgan fingerprint density at radius 1 is 0.923 bits per heavy atom. The number of benzene rings is 2. The Labute approximate surface area is 150 Å². The average Bonchev–Trinajstić information content (AvgIpc) is 2.69. The summed E-state index contributed by atoms with van der Waals surface area (Å²) in [5.41, 5.74) is 1.71. The van der Waals surface area contributed by atoms with Crippen molar-refractivity contribution < 1.29 is 14.3 Å². The molecule has 0 atom stereocenters. The Kier molecular flexibility index (Phi) is 4.34. The fraction of sp³-hybridized carbons (Fsp3) is 0.105. The van der Waals surface area contributed by atoms with Crippen molar-refractivity contribution in [1.82, 2.24) is 9.97 Å². The lowest BCUT2D eigenvalue weighted by molar-refractivity contribution is 0.102. The van der Waals surface area contributed by atoms with Crippen LogP contribution in [-0.4, -0.2) is 29.1 Å². The van der Waals surface area contributed by atoms with Crippen LogP contribution in [0.15, 0.2) is 60.8 Å². The maximum absolute atomic E-state index is 12.5. The van der Waals surface area contributed by atoms with E-state index in [9.17, 15) is 4.79 Å². The Hall–Kier alpha value is -3.61. The molecule has 7 heteroatoms. The lowest BCUT2D eigenvalue weighted by atomic mass is 10.2. The van der Waals surface area contributed by atoms with Gasteiger partial charge < -0.3 is 20.1 Å². The summed E-state index contributed by atoms with van der Waals surface area (Å²) in [5, 5.41) is 5.87. The normalized spacial score (nSPS) is 12.3. The maximum Gasteiger partial charge on any atom is 0.274 e. The molecule has 0 fully saturated rings. The molecule has 26 heavy (non-hydrogen) atoms. The van der Waals surface area contributed by atoms with Gasteiger partial charge in [-0.1, -0.05) is 18.2 Å². The lowest BCUT2D eigenvalue weighted by Crippen LogP contribution is -2.17. The van der Waals surface area contributed by atoms with Crippen molar-refractivity contribution in [2.45, 2.75) is 0 Å². The number of nitrogens with zero attached hydrogens (tertiary/aromatic N) is 2. The van der Waals surface area contributed by atoms with Crippen molar-refractivity contribution in [3.05, 3.63) is 66.5 Å². The second kappa shape index (κ2) is 7.10. The van der Waals surface area contributed by atoms with E-state index in [2.05, 4.69) is 20.6 Å². The van der Waals surface area contributed by atoms with Crippen molar-refractivity contribution in [1.29, 1.82) is 0 Å². The van der Waals surface area contributed by atoms with E-state index in [0.717, 1.165) is 5.69 Å². The van der Waals surface area contributed by atoms with Crippen molar-refractivity contribution in [2.24, 2.45) is 0 Å². The third-order valence-corrected chi connectivity index (χ3v) is 3.72. The molecule has 3 aromatic rings. The molecule has 7 nitrogen and oxygen atoms in total. The van der Waals surface area contributed by atoms with E-state index < -0.39 is 0 Å². The van der Waals surface area contributed by atoms with Crippen LogP contribution >= 0.6 is 0 Å². The molecule has 0 saturated carbocycles. The molecule has 0 radical (unpaired) electrons. The third kappa shape index (κ3) is 3.56. The minimum atomic E-state index is -0.333. The maximum atomic E-state index is 12.5. The number of anilines is 3. The molecule has 1 amide bonds. The third-order valence-electron chi connectivity index (χ3n) is 3.72. The monoisotopic (exact) mass is 348 g/mol.